The van der Waals surface area contributed by atoms with E-state index in [0.29, 0.717) is 24.8 Å². The normalized spacial score (nSPS) is 12.9. The number of rotatable bonds is 25. The summed E-state index contributed by atoms with van der Waals surface area (Å²) in [5.41, 5.74) is 1.72. The lowest BCUT2D eigenvalue weighted by Crippen LogP contribution is -2.27. The summed E-state index contributed by atoms with van der Waals surface area (Å²) in [4.78, 5) is 22.3. The molecular weight excluding hydrogens is 605 g/mol. The summed E-state index contributed by atoms with van der Waals surface area (Å²) in [6.45, 7) is 7.24. The Balaban J connectivity index is 1.39. The predicted octanol–water partition coefficient (Wildman–Crippen LogP) is 6.64. The second kappa shape index (κ2) is 22.9. The van der Waals surface area contributed by atoms with Crippen molar-refractivity contribution in [3.05, 3.63) is 35.7 Å². The molecule has 2 N–H and O–H groups in total. The van der Waals surface area contributed by atoms with Crippen molar-refractivity contribution in [1.29, 1.82) is 0 Å². The van der Waals surface area contributed by atoms with Crippen LogP contribution in [0.3, 0.4) is 0 Å². The molecule has 1 unspecified atom stereocenters. The largest absolute Gasteiger partial charge is 0.369 e. The van der Waals surface area contributed by atoms with Crippen LogP contribution in [0.4, 0.5) is 0 Å². The maximum Gasteiger partial charge on any atom is 0.248 e. The van der Waals surface area contributed by atoms with Crippen LogP contribution in [0, 0.1) is 12.8 Å². The van der Waals surface area contributed by atoms with E-state index < -0.39 is 7.57 Å². The maximum absolute atomic E-state index is 12.1. The first-order chi connectivity index (χ1) is 20.7. The Morgan fingerprint density at radius 1 is 0.884 bits per heavy atom. The fourth-order valence-corrected chi connectivity index (χ4v) is 7.01. The molecule has 0 aliphatic rings. The Labute approximate surface area is 265 Å². The first-order valence-corrected chi connectivity index (χ1v) is 19.5. The van der Waals surface area contributed by atoms with E-state index in [1.54, 1.807) is 6.92 Å². The van der Waals surface area contributed by atoms with Gasteiger partial charge in [0.05, 0.1) is 19.8 Å². The van der Waals surface area contributed by atoms with E-state index in [4.69, 9.17) is 13.8 Å². The van der Waals surface area contributed by atoms with Crippen molar-refractivity contribution >= 4 is 41.4 Å². The van der Waals surface area contributed by atoms with Crippen LogP contribution >= 0.6 is 29.2 Å². The molecule has 2 rings (SSSR count). The topological polar surface area (TPSA) is 129 Å². The minimum Gasteiger partial charge on any atom is -0.369 e. The van der Waals surface area contributed by atoms with Crippen molar-refractivity contribution in [3.8, 4) is 11.4 Å². The van der Waals surface area contributed by atoms with Crippen molar-refractivity contribution < 1.29 is 23.5 Å². The molecule has 0 fully saturated rings. The lowest BCUT2D eigenvalue weighted by atomic mass is 10.0. The molecule has 0 spiro atoms. The number of carbonyl (C=O) groups excluding carboxylic acids is 1. The fraction of sp³-hybridized carbons (Fsp3) is 0.667. The summed E-state index contributed by atoms with van der Waals surface area (Å²) in [5, 5.41) is 18.7. The van der Waals surface area contributed by atoms with Crippen LogP contribution in [0.2, 0.25) is 0 Å². The molecule has 2 aromatic rings. The minimum absolute atomic E-state index is 0.0974. The zero-order valence-electron chi connectivity index (χ0n) is 26.0. The molecule has 242 valence electrons. The van der Waals surface area contributed by atoms with Crippen LogP contribution in [0.5, 0.6) is 0 Å². The number of carbonyl (C=O) groups is 1. The van der Waals surface area contributed by atoms with E-state index in [-0.39, 0.29) is 25.7 Å². The van der Waals surface area contributed by atoms with Gasteiger partial charge in [-0.25, -0.2) is 0 Å². The van der Waals surface area contributed by atoms with Crippen LogP contribution in [0.1, 0.15) is 83.0 Å². The summed E-state index contributed by atoms with van der Waals surface area (Å²) in [7, 11) is 0.853. The summed E-state index contributed by atoms with van der Waals surface area (Å²) in [6, 6.07) is 7.46. The molecule has 0 aliphatic carbocycles. The number of aryl methyl sites for hydroxylation is 1. The highest BCUT2D eigenvalue weighted by Gasteiger charge is 2.12. The Morgan fingerprint density at radius 3 is 2.14 bits per heavy atom. The standard InChI is InChI=1S/C30H50N5O5PS2/c1-25(2)13-9-5-7-11-21-42-43-22-12-8-6-10-18-39-41(4,37)40-20-19-38-24-29(36)31-23-27-14-16-28(17-15-27)30-34-32-26(3)33-35-30/h14-17,25,37H,4-13,18-24H2,1-3H3,(H,31,36). The van der Waals surface area contributed by atoms with Crippen LogP contribution in [0.15, 0.2) is 24.3 Å². The van der Waals surface area contributed by atoms with Gasteiger partial charge in [0.2, 0.25) is 19.3 Å². The van der Waals surface area contributed by atoms with Gasteiger partial charge in [-0.3, -0.25) is 4.79 Å². The third-order valence-corrected chi connectivity index (χ3v) is 10.0. The highest BCUT2D eigenvalue weighted by Crippen LogP contribution is 2.42. The van der Waals surface area contributed by atoms with Gasteiger partial charge in [-0.05, 0) is 44.0 Å². The molecule has 0 saturated carbocycles. The van der Waals surface area contributed by atoms with E-state index in [1.165, 1.54) is 50.0 Å². The first kappa shape index (κ1) is 37.7. The average molecular weight is 656 g/mol. The quantitative estimate of drug-likeness (QED) is 0.0678. The second-order valence-corrected chi connectivity index (χ2v) is 15.2. The minimum atomic E-state index is -3.13. The van der Waals surface area contributed by atoms with Gasteiger partial charge in [0.15, 0.2) is 5.82 Å². The van der Waals surface area contributed by atoms with Gasteiger partial charge >= 0.3 is 0 Å². The molecule has 0 saturated heterocycles. The first-order valence-electron chi connectivity index (χ1n) is 15.2. The molecule has 1 amide bonds. The van der Waals surface area contributed by atoms with Gasteiger partial charge in [0, 0.05) is 23.6 Å². The van der Waals surface area contributed by atoms with E-state index in [0.717, 1.165) is 36.3 Å². The molecule has 1 heterocycles. The van der Waals surface area contributed by atoms with Crippen LogP contribution in [-0.2, 0) is 25.1 Å². The molecular formula is C30H50N5O5PS2. The molecule has 0 bridgehead atoms. The molecule has 0 aliphatic heterocycles. The number of amides is 1. The zero-order valence-corrected chi connectivity index (χ0v) is 28.6. The second-order valence-electron chi connectivity index (χ2n) is 10.8. The SMILES string of the molecule is C=P(O)(OCCCCCCSSCCCCCCC(C)C)OCCOCC(=O)NCc1ccc(-c2nnc(C)nn2)cc1. The summed E-state index contributed by atoms with van der Waals surface area (Å²) in [5.74, 6) is 3.97. The van der Waals surface area contributed by atoms with E-state index in [9.17, 15) is 9.69 Å². The van der Waals surface area contributed by atoms with Crippen LogP contribution in [-0.4, -0.2) is 75.4 Å². The smallest absolute Gasteiger partial charge is 0.248 e. The Morgan fingerprint density at radius 2 is 1.49 bits per heavy atom. The Bertz CT molecular complexity index is 1060. The number of nitrogens with one attached hydrogen (secondary N) is 1. The van der Waals surface area contributed by atoms with E-state index in [1.807, 2.05) is 45.9 Å². The third-order valence-electron chi connectivity index (χ3n) is 6.29. The molecule has 1 atom stereocenters. The van der Waals surface area contributed by atoms with Gasteiger partial charge in [-0.1, -0.05) is 98.2 Å². The molecule has 13 heteroatoms. The van der Waals surface area contributed by atoms with Gasteiger partial charge in [0.25, 0.3) is 0 Å². The van der Waals surface area contributed by atoms with Gasteiger partial charge in [-0.2, -0.15) is 0 Å². The van der Waals surface area contributed by atoms with Crippen LogP contribution in [0.25, 0.3) is 11.4 Å². The van der Waals surface area contributed by atoms with Crippen molar-refractivity contribution in [1.82, 2.24) is 25.7 Å². The monoisotopic (exact) mass is 655 g/mol. The van der Waals surface area contributed by atoms with Crippen molar-refractivity contribution in [2.75, 3.05) is 37.9 Å². The highest BCUT2D eigenvalue weighted by atomic mass is 33.1. The average Bonchev–Trinajstić information content (AvgIpc) is 2.98. The molecule has 0 radical (unpaired) electrons. The lowest BCUT2D eigenvalue weighted by Gasteiger charge is -2.18. The fourth-order valence-electron chi connectivity index (χ4n) is 3.87. The number of unbranched alkanes of at least 4 members (excludes halogenated alkanes) is 6. The zero-order chi connectivity index (χ0) is 31.2. The Hall–Kier alpha value is -1.53. The summed E-state index contributed by atoms with van der Waals surface area (Å²) < 4.78 is 16.2. The van der Waals surface area contributed by atoms with Crippen molar-refractivity contribution in [2.45, 2.75) is 85.1 Å². The van der Waals surface area contributed by atoms with Crippen LogP contribution < -0.4 is 5.32 Å². The molecule has 1 aromatic heterocycles. The summed E-state index contributed by atoms with van der Waals surface area (Å²) in [6.07, 6.45) is 14.7. The number of hydrogen-bond acceptors (Lipinski definition) is 11. The van der Waals surface area contributed by atoms with Gasteiger partial charge in [0.1, 0.15) is 6.61 Å². The summed E-state index contributed by atoms with van der Waals surface area (Å²) >= 11 is 0. The number of nitrogens with zero attached hydrogens (tertiary/aromatic N) is 4. The molecule has 1 aromatic carbocycles. The van der Waals surface area contributed by atoms with E-state index in [2.05, 4.69) is 45.9 Å². The maximum atomic E-state index is 12.1. The third kappa shape index (κ3) is 19.5. The van der Waals surface area contributed by atoms with Gasteiger partial charge in [-0.15, -0.1) is 20.4 Å². The van der Waals surface area contributed by atoms with E-state index >= 15 is 0 Å². The predicted molar refractivity (Wildman–Crippen MR) is 180 cm³/mol. The number of ether oxygens (including phenoxy) is 1. The molecule has 43 heavy (non-hydrogen) atoms. The van der Waals surface area contributed by atoms with Crippen molar-refractivity contribution in [3.63, 3.8) is 0 Å². The highest BCUT2D eigenvalue weighted by molar-refractivity contribution is 8.76. The van der Waals surface area contributed by atoms with Crippen molar-refractivity contribution in [2.24, 2.45) is 5.92 Å². The van der Waals surface area contributed by atoms with Gasteiger partial charge < -0.3 is 24.0 Å². The molecule has 10 nitrogen and oxygen atoms in total. The number of aromatic nitrogens is 4. The number of benzene rings is 1. The lowest BCUT2D eigenvalue weighted by molar-refractivity contribution is -0.126. The Kier molecular flexibility index (Phi) is 20.1. The number of hydrogen-bond donors (Lipinski definition) is 2.